The molecule has 5 heteroatoms. The molecule has 1 unspecified atom stereocenters. The molecule has 0 saturated carbocycles. The van der Waals surface area contributed by atoms with Gasteiger partial charge in [-0.15, -0.1) is 0 Å². The van der Waals surface area contributed by atoms with E-state index < -0.39 is 0 Å². The second-order valence-corrected chi connectivity index (χ2v) is 6.85. The zero-order valence-corrected chi connectivity index (χ0v) is 14.4. The molecule has 1 heterocycles. The first-order valence-electron chi connectivity index (χ1n) is 7.48. The molecule has 1 fully saturated rings. The van der Waals surface area contributed by atoms with E-state index in [4.69, 9.17) is 4.74 Å². The molecular formula is C16H24BrN2O2+. The van der Waals surface area contributed by atoms with Crippen molar-refractivity contribution in [2.45, 2.75) is 39.0 Å². The third kappa shape index (κ3) is 5.09. The number of quaternary nitrogens is 1. The van der Waals surface area contributed by atoms with E-state index in [9.17, 15) is 4.79 Å². The van der Waals surface area contributed by atoms with Crippen molar-refractivity contribution in [2.75, 3.05) is 19.6 Å². The van der Waals surface area contributed by atoms with Gasteiger partial charge in [0.1, 0.15) is 25.3 Å². The zero-order chi connectivity index (χ0) is 15.4. The van der Waals surface area contributed by atoms with Crippen LogP contribution in [0, 0.1) is 0 Å². The number of ether oxygens (including phenoxy) is 1. The summed E-state index contributed by atoms with van der Waals surface area (Å²) in [5.74, 6) is 0.0988. The highest BCUT2D eigenvalue weighted by atomic mass is 79.9. The molecular weight excluding hydrogens is 332 g/mol. The lowest BCUT2D eigenvalue weighted by molar-refractivity contribution is -0.907. The molecule has 1 aromatic carbocycles. The molecule has 0 spiro atoms. The monoisotopic (exact) mass is 355 g/mol. The number of rotatable bonds is 4. The van der Waals surface area contributed by atoms with Gasteiger partial charge in [-0.2, -0.15) is 0 Å². The second-order valence-electron chi connectivity index (χ2n) is 5.93. The average Bonchev–Trinajstić information content (AvgIpc) is 2.37. The molecule has 0 aliphatic carbocycles. The summed E-state index contributed by atoms with van der Waals surface area (Å²) in [6.07, 6.45) is 0.445. The Labute approximate surface area is 135 Å². The van der Waals surface area contributed by atoms with Gasteiger partial charge in [-0.25, -0.2) is 0 Å². The number of amides is 1. The number of halogens is 1. The fraction of sp³-hybridized carbons (Fsp3) is 0.562. The Kier molecular flexibility index (Phi) is 5.79. The lowest BCUT2D eigenvalue weighted by atomic mass is 10.1. The Bertz CT molecular complexity index is 468. The van der Waals surface area contributed by atoms with Crippen molar-refractivity contribution in [2.24, 2.45) is 0 Å². The molecule has 2 N–H and O–H groups in total. The standard InChI is InChI=1S/C16H23BrN2O2/c1-11-8-19(9-12(2)21-11)10-16(20)18-13(3)14-4-6-15(17)7-5-14/h4-7,11-13H,8-10H2,1-3H3,(H,18,20)/p+1/t11-,12+,13-/m0/s1. The summed E-state index contributed by atoms with van der Waals surface area (Å²) in [5, 5.41) is 3.08. The van der Waals surface area contributed by atoms with Crippen LogP contribution in [0.3, 0.4) is 0 Å². The van der Waals surface area contributed by atoms with Crippen molar-refractivity contribution >= 4 is 21.8 Å². The Balaban J connectivity index is 1.85. The zero-order valence-electron chi connectivity index (χ0n) is 12.9. The first-order valence-corrected chi connectivity index (χ1v) is 8.27. The number of benzene rings is 1. The Morgan fingerprint density at radius 1 is 1.33 bits per heavy atom. The number of hydrogen-bond acceptors (Lipinski definition) is 2. The molecule has 1 aliphatic heterocycles. The van der Waals surface area contributed by atoms with Gasteiger partial charge in [0.05, 0.1) is 6.04 Å². The van der Waals surface area contributed by atoms with Crippen LogP contribution in [0.1, 0.15) is 32.4 Å². The highest BCUT2D eigenvalue weighted by molar-refractivity contribution is 9.10. The molecule has 4 nitrogen and oxygen atoms in total. The van der Waals surface area contributed by atoms with E-state index >= 15 is 0 Å². The van der Waals surface area contributed by atoms with Gasteiger partial charge in [0, 0.05) is 4.47 Å². The Morgan fingerprint density at radius 2 is 1.90 bits per heavy atom. The van der Waals surface area contributed by atoms with Gasteiger partial charge in [0.2, 0.25) is 0 Å². The van der Waals surface area contributed by atoms with Gasteiger partial charge in [-0.3, -0.25) is 4.79 Å². The molecule has 1 amide bonds. The minimum absolute atomic E-state index is 0.0286. The number of carbonyl (C=O) groups excluding carboxylic acids is 1. The van der Waals surface area contributed by atoms with Crippen LogP contribution in [0.25, 0.3) is 0 Å². The van der Waals surface area contributed by atoms with Crippen LogP contribution in [0.2, 0.25) is 0 Å². The third-order valence-corrected chi connectivity index (χ3v) is 4.30. The van der Waals surface area contributed by atoms with Crippen molar-refractivity contribution in [3.05, 3.63) is 34.3 Å². The molecule has 0 bridgehead atoms. The maximum Gasteiger partial charge on any atom is 0.275 e. The van der Waals surface area contributed by atoms with Crippen molar-refractivity contribution in [1.29, 1.82) is 0 Å². The van der Waals surface area contributed by atoms with E-state index in [1.807, 2.05) is 31.2 Å². The first-order chi connectivity index (χ1) is 9.94. The van der Waals surface area contributed by atoms with Gasteiger partial charge < -0.3 is 15.0 Å². The second kappa shape index (κ2) is 7.38. The van der Waals surface area contributed by atoms with Crippen LogP contribution in [-0.2, 0) is 9.53 Å². The number of nitrogens with one attached hydrogen (secondary N) is 2. The highest BCUT2D eigenvalue weighted by Gasteiger charge is 2.27. The highest BCUT2D eigenvalue weighted by Crippen LogP contribution is 2.16. The van der Waals surface area contributed by atoms with E-state index in [2.05, 4.69) is 35.1 Å². The lowest BCUT2D eigenvalue weighted by Gasteiger charge is -2.32. The van der Waals surface area contributed by atoms with Crippen LogP contribution in [0.4, 0.5) is 0 Å². The molecule has 1 saturated heterocycles. The van der Waals surface area contributed by atoms with Crippen molar-refractivity contribution < 1.29 is 14.4 Å². The summed E-state index contributed by atoms with van der Waals surface area (Å²) < 4.78 is 6.75. The maximum atomic E-state index is 12.2. The Morgan fingerprint density at radius 3 is 2.48 bits per heavy atom. The van der Waals surface area contributed by atoms with Crippen molar-refractivity contribution in [1.82, 2.24) is 5.32 Å². The molecule has 4 atom stereocenters. The molecule has 1 aromatic rings. The summed E-state index contributed by atoms with van der Waals surface area (Å²) in [7, 11) is 0. The van der Waals surface area contributed by atoms with Crippen molar-refractivity contribution in [3.63, 3.8) is 0 Å². The average molecular weight is 356 g/mol. The predicted molar refractivity (Wildman–Crippen MR) is 86.3 cm³/mol. The molecule has 0 aromatic heterocycles. The normalized spacial score (nSPS) is 27.1. The van der Waals surface area contributed by atoms with E-state index in [0.29, 0.717) is 6.54 Å². The van der Waals surface area contributed by atoms with Crippen LogP contribution < -0.4 is 10.2 Å². The van der Waals surface area contributed by atoms with E-state index in [0.717, 1.165) is 23.1 Å². The fourth-order valence-electron chi connectivity index (χ4n) is 2.89. The summed E-state index contributed by atoms with van der Waals surface area (Å²) in [6.45, 7) is 8.45. The quantitative estimate of drug-likeness (QED) is 0.855. The number of hydrogen-bond donors (Lipinski definition) is 2. The number of morpholine rings is 1. The molecule has 116 valence electrons. The first kappa shape index (κ1) is 16.5. The van der Waals surface area contributed by atoms with Crippen LogP contribution >= 0.6 is 15.9 Å². The molecule has 2 rings (SSSR count). The smallest absolute Gasteiger partial charge is 0.275 e. The minimum atomic E-state index is 0.0286. The topological polar surface area (TPSA) is 42.8 Å². The largest absolute Gasteiger partial charge is 0.364 e. The van der Waals surface area contributed by atoms with Gasteiger partial charge in [0.15, 0.2) is 6.54 Å². The molecule has 0 radical (unpaired) electrons. The Hall–Kier alpha value is -0.910. The minimum Gasteiger partial charge on any atom is -0.364 e. The van der Waals surface area contributed by atoms with Gasteiger partial charge in [-0.05, 0) is 38.5 Å². The molecule has 1 aliphatic rings. The van der Waals surface area contributed by atoms with Gasteiger partial charge in [-0.1, -0.05) is 28.1 Å². The summed E-state index contributed by atoms with van der Waals surface area (Å²) in [6, 6.07) is 8.07. The third-order valence-electron chi connectivity index (χ3n) is 3.77. The summed E-state index contributed by atoms with van der Waals surface area (Å²) in [5.41, 5.74) is 1.12. The fourth-order valence-corrected chi connectivity index (χ4v) is 3.15. The van der Waals surface area contributed by atoms with E-state index in [1.165, 1.54) is 4.90 Å². The summed E-state index contributed by atoms with van der Waals surface area (Å²) >= 11 is 3.42. The SMILES string of the molecule is C[C@@H]1C[NH+](CC(=O)N[C@@H](C)c2ccc(Br)cc2)C[C@H](C)O1. The van der Waals surface area contributed by atoms with Gasteiger partial charge >= 0.3 is 0 Å². The van der Waals surface area contributed by atoms with Gasteiger partial charge in [0.25, 0.3) is 5.91 Å². The van der Waals surface area contributed by atoms with Crippen LogP contribution in [0.5, 0.6) is 0 Å². The molecule has 21 heavy (non-hydrogen) atoms. The van der Waals surface area contributed by atoms with E-state index in [1.54, 1.807) is 0 Å². The van der Waals surface area contributed by atoms with E-state index in [-0.39, 0.29) is 24.2 Å². The van der Waals surface area contributed by atoms with Crippen LogP contribution in [-0.4, -0.2) is 37.7 Å². The maximum absolute atomic E-state index is 12.2. The lowest BCUT2D eigenvalue weighted by Crippen LogP contribution is -3.16. The summed E-state index contributed by atoms with van der Waals surface area (Å²) in [4.78, 5) is 13.5. The van der Waals surface area contributed by atoms with Crippen LogP contribution in [0.15, 0.2) is 28.7 Å². The predicted octanol–water partition coefficient (Wildman–Crippen LogP) is 1.32. The number of carbonyl (C=O) groups is 1. The van der Waals surface area contributed by atoms with Crippen molar-refractivity contribution in [3.8, 4) is 0 Å².